The third-order valence-corrected chi connectivity index (χ3v) is 6.73. The Labute approximate surface area is 203 Å². The molecule has 0 aliphatic carbocycles. The van der Waals surface area contributed by atoms with Gasteiger partial charge in [0.05, 0.1) is 40.5 Å². The van der Waals surface area contributed by atoms with Crippen LogP contribution in [0.5, 0.6) is 0 Å². The number of thiophene rings is 1. The summed E-state index contributed by atoms with van der Waals surface area (Å²) in [6.07, 6.45) is 0.0173. The molecule has 35 heavy (non-hydrogen) atoms. The van der Waals surface area contributed by atoms with Gasteiger partial charge in [-0.1, -0.05) is 16.5 Å². The Hall–Kier alpha value is -3.94. The van der Waals surface area contributed by atoms with Crippen molar-refractivity contribution >= 4 is 51.6 Å². The van der Waals surface area contributed by atoms with Crippen LogP contribution in [0.4, 0.5) is 31.2 Å². The minimum atomic E-state index is -0.607. The van der Waals surface area contributed by atoms with E-state index in [1.807, 2.05) is 9.80 Å². The van der Waals surface area contributed by atoms with Crippen LogP contribution in [-0.4, -0.2) is 73.7 Å². The number of cyclic esters (lactones) is 1. The Kier molecular flexibility index (Phi) is 7.00. The van der Waals surface area contributed by atoms with Crippen LogP contribution in [0.15, 0.2) is 29.4 Å². The Morgan fingerprint density at radius 3 is 2.60 bits per heavy atom. The Balaban J connectivity index is 1.42. The molecule has 12 nitrogen and oxygen atoms in total. The van der Waals surface area contributed by atoms with Gasteiger partial charge in [-0.05, 0) is 24.3 Å². The number of oxime groups is 1. The monoisotopic (exact) mass is 506 g/mol. The highest BCUT2D eigenvalue weighted by molar-refractivity contribution is 7.17. The van der Waals surface area contributed by atoms with Gasteiger partial charge in [0.25, 0.3) is 0 Å². The van der Waals surface area contributed by atoms with Gasteiger partial charge in [-0.3, -0.25) is 19.8 Å². The van der Waals surface area contributed by atoms with Crippen LogP contribution in [0.3, 0.4) is 0 Å². The zero-order chi connectivity index (χ0) is 25.1. The maximum atomic E-state index is 15.0. The molecule has 0 unspecified atom stereocenters. The molecule has 0 spiro atoms. The van der Waals surface area contributed by atoms with Crippen molar-refractivity contribution in [1.82, 2.24) is 5.32 Å². The average molecular weight is 507 g/mol. The molecule has 2 aliphatic heterocycles. The lowest BCUT2D eigenvalue weighted by molar-refractivity contribution is -0.379. The second-order valence-corrected chi connectivity index (χ2v) is 9.07. The molecule has 4 rings (SSSR count). The highest BCUT2D eigenvalue weighted by Gasteiger charge is 2.33. The van der Waals surface area contributed by atoms with Gasteiger partial charge in [0.1, 0.15) is 17.6 Å². The number of anilines is 3. The number of carbonyl (C=O) groups excluding carboxylic acids is 2. The highest BCUT2D eigenvalue weighted by Crippen LogP contribution is 2.38. The number of carbonyl (C=O) groups is 2. The maximum Gasteiger partial charge on any atom is 0.414 e. The van der Waals surface area contributed by atoms with Crippen LogP contribution in [0, 0.1) is 15.9 Å². The normalized spacial score (nSPS) is 18.3. The van der Waals surface area contributed by atoms with E-state index in [1.54, 1.807) is 18.2 Å². The van der Waals surface area contributed by atoms with E-state index in [9.17, 15) is 19.7 Å². The molecule has 2 aliphatic rings. The molecule has 0 saturated carbocycles. The zero-order valence-corrected chi connectivity index (χ0v) is 19.5. The minimum absolute atomic E-state index is 0.0433. The molecule has 2 aromatic rings. The summed E-state index contributed by atoms with van der Waals surface area (Å²) < 4.78 is 20.3. The van der Waals surface area contributed by atoms with Crippen LogP contribution in [0.25, 0.3) is 0 Å². The largest absolute Gasteiger partial charge is 0.442 e. The van der Waals surface area contributed by atoms with E-state index in [4.69, 9.17) is 9.94 Å². The molecule has 3 heterocycles. The molecule has 2 amide bonds. The molecular weight excluding hydrogens is 483 g/mol. The molecule has 2 saturated heterocycles. The zero-order valence-electron chi connectivity index (χ0n) is 18.7. The van der Waals surface area contributed by atoms with Crippen molar-refractivity contribution in [2.75, 3.05) is 54.0 Å². The first-order valence-corrected chi connectivity index (χ1v) is 11.6. The number of benzene rings is 1. The molecule has 2 fully saturated rings. The molecular formula is C21H23FN6O6S. The smallest absolute Gasteiger partial charge is 0.414 e. The SMILES string of the molecule is CC(=O)NC[C@H]1CN(c2ccc(N3CCN(c4cc(C=NO)sc4[N+](=O)[O-])CC3)c(F)c2)C(=O)O1. The summed E-state index contributed by atoms with van der Waals surface area (Å²) in [6, 6.07) is 6.10. The van der Waals surface area contributed by atoms with E-state index < -0.39 is 22.9 Å². The van der Waals surface area contributed by atoms with Gasteiger partial charge in [0.2, 0.25) is 5.91 Å². The van der Waals surface area contributed by atoms with Gasteiger partial charge in [-0.15, -0.1) is 0 Å². The fourth-order valence-corrected chi connectivity index (χ4v) is 4.93. The summed E-state index contributed by atoms with van der Waals surface area (Å²) in [4.78, 5) is 39.7. The molecule has 1 aromatic carbocycles. The van der Waals surface area contributed by atoms with Crippen molar-refractivity contribution in [1.29, 1.82) is 0 Å². The summed E-state index contributed by atoms with van der Waals surface area (Å²) in [5.41, 5.74) is 1.16. The standard InChI is InChI=1S/C21H23FN6O6S/c1-13(29)23-10-15-12-27(21(30)34-15)14-2-3-18(17(22)8-14)25-4-6-26(7-5-25)19-9-16(11-24-31)35-20(19)28(32)33/h2-3,8-9,11,15,31H,4-7,10,12H2,1H3,(H,23,29)/t15-/m0/s1. The van der Waals surface area contributed by atoms with Crippen molar-refractivity contribution in [2.24, 2.45) is 5.16 Å². The van der Waals surface area contributed by atoms with E-state index in [0.717, 1.165) is 17.6 Å². The van der Waals surface area contributed by atoms with Crippen LogP contribution < -0.4 is 20.0 Å². The van der Waals surface area contributed by atoms with Crippen molar-refractivity contribution in [3.05, 3.63) is 45.1 Å². The molecule has 2 N–H and O–H groups in total. The number of piperazine rings is 1. The number of nitrogens with zero attached hydrogens (tertiary/aromatic N) is 5. The van der Waals surface area contributed by atoms with Gasteiger partial charge < -0.3 is 25.1 Å². The minimum Gasteiger partial charge on any atom is -0.442 e. The summed E-state index contributed by atoms with van der Waals surface area (Å²) in [5, 5.41) is 25.6. The van der Waals surface area contributed by atoms with E-state index >= 15 is 4.39 Å². The van der Waals surface area contributed by atoms with Crippen molar-refractivity contribution in [2.45, 2.75) is 13.0 Å². The van der Waals surface area contributed by atoms with Gasteiger partial charge >= 0.3 is 11.1 Å². The maximum absolute atomic E-state index is 15.0. The topological polar surface area (TPSA) is 141 Å². The van der Waals surface area contributed by atoms with Crippen LogP contribution in [-0.2, 0) is 9.53 Å². The number of hydrogen-bond donors (Lipinski definition) is 2. The number of hydrogen-bond acceptors (Lipinski definition) is 10. The summed E-state index contributed by atoms with van der Waals surface area (Å²) in [6.45, 7) is 3.45. The summed E-state index contributed by atoms with van der Waals surface area (Å²) in [5.74, 6) is -0.736. The van der Waals surface area contributed by atoms with Gasteiger partial charge in [0, 0.05) is 33.1 Å². The lowest BCUT2D eigenvalue weighted by atomic mass is 10.2. The molecule has 1 atom stereocenters. The summed E-state index contributed by atoms with van der Waals surface area (Å²) >= 11 is 0.917. The first kappa shape index (κ1) is 24.2. The van der Waals surface area contributed by atoms with Crippen molar-refractivity contribution < 1.29 is 28.8 Å². The highest BCUT2D eigenvalue weighted by atomic mass is 32.1. The Bertz CT molecular complexity index is 1170. The number of ether oxygens (including phenoxy) is 1. The Morgan fingerprint density at radius 1 is 1.31 bits per heavy atom. The Morgan fingerprint density at radius 2 is 2.00 bits per heavy atom. The third-order valence-electron chi connectivity index (χ3n) is 5.72. The fourth-order valence-electron chi connectivity index (χ4n) is 4.07. The van der Waals surface area contributed by atoms with Crippen LogP contribution in [0.2, 0.25) is 0 Å². The van der Waals surface area contributed by atoms with E-state index in [0.29, 0.717) is 48.1 Å². The van der Waals surface area contributed by atoms with E-state index in [-0.39, 0.29) is 24.0 Å². The first-order chi connectivity index (χ1) is 16.8. The second kappa shape index (κ2) is 10.1. The predicted molar refractivity (Wildman–Crippen MR) is 127 cm³/mol. The quantitative estimate of drug-likeness (QED) is 0.252. The number of nitro groups is 1. The lowest BCUT2D eigenvalue weighted by Crippen LogP contribution is -2.46. The average Bonchev–Trinajstić information content (AvgIpc) is 3.42. The van der Waals surface area contributed by atoms with Crippen molar-refractivity contribution in [3.8, 4) is 0 Å². The predicted octanol–water partition coefficient (Wildman–Crippen LogP) is 2.39. The summed E-state index contributed by atoms with van der Waals surface area (Å²) in [7, 11) is 0. The van der Waals surface area contributed by atoms with Gasteiger partial charge in [0.15, 0.2) is 0 Å². The van der Waals surface area contributed by atoms with E-state index in [1.165, 1.54) is 17.9 Å². The number of halogens is 1. The van der Waals surface area contributed by atoms with Crippen LogP contribution in [0.1, 0.15) is 11.8 Å². The molecule has 1 aromatic heterocycles. The molecule has 14 heteroatoms. The fraction of sp³-hybridized carbons (Fsp3) is 0.381. The van der Waals surface area contributed by atoms with Crippen LogP contribution >= 0.6 is 11.3 Å². The lowest BCUT2D eigenvalue weighted by Gasteiger charge is -2.36. The number of amides is 2. The number of nitrogens with one attached hydrogen (secondary N) is 1. The van der Waals surface area contributed by atoms with E-state index in [2.05, 4.69) is 10.5 Å². The first-order valence-electron chi connectivity index (χ1n) is 10.7. The molecule has 0 radical (unpaired) electrons. The van der Waals surface area contributed by atoms with Crippen molar-refractivity contribution in [3.63, 3.8) is 0 Å². The van der Waals surface area contributed by atoms with Gasteiger partial charge in [-0.2, -0.15) is 0 Å². The third kappa shape index (κ3) is 5.26. The second-order valence-electron chi connectivity index (χ2n) is 8.00. The molecule has 0 bridgehead atoms. The number of rotatable bonds is 7. The molecule has 186 valence electrons. The van der Waals surface area contributed by atoms with Gasteiger partial charge in [-0.25, -0.2) is 9.18 Å².